The first-order valence-corrected chi connectivity index (χ1v) is 5.85. The summed E-state index contributed by atoms with van der Waals surface area (Å²) in [6, 6.07) is 2.21. The second kappa shape index (κ2) is 5.91. The van der Waals surface area contributed by atoms with Gasteiger partial charge in [-0.15, -0.1) is 0 Å². The molecule has 1 rings (SSSR count). The first kappa shape index (κ1) is 12.2. The van der Waals surface area contributed by atoms with Crippen LogP contribution >= 0.6 is 0 Å². The molecule has 0 spiro atoms. The molecule has 0 amide bonds. The molecule has 0 aliphatic carbocycles. The van der Waals surface area contributed by atoms with Gasteiger partial charge in [0.2, 0.25) is 0 Å². The van der Waals surface area contributed by atoms with E-state index >= 15 is 0 Å². The van der Waals surface area contributed by atoms with Crippen molar-refractivity contribution in [1.29, 1.82) is 0 Å². The van der Waals surface area contributed by atoms with Gasteiger partial charge in [-0.05, 0) is 52.3 Å². The van der Waals surface area contributed by atoms with Crippen LogP contribution in [-0.2, 0) is 13.0 Å². The second-order valence-electron chi connectivity index (χ2n) is 4.29. The van der Waals surface area contributed by atoms with Gasteiger partial charge in [-0.3, -0.25) is 4.68 Å². The normalized spacial score (nSPS) is 13.1. The fourth-order valence-electron chi connectivity index (χ4n) is 1.89. The lowest BCUT2D eigenvalue weighted by molar-refractivity contribution is 0.488. The van der Waals surface area contributed by atoms with Gasteiger partial charge in [0.1, 0.15) is 0 Å². The fourth-order valence-corrected chi connectivity index (χ4v) is 1.89. The minimum absolute atomic E-state index is 0.721. The maximum absolute atomic E-state index is 4.46. The van der Waals surface area contributed by atoms with Crippen LogP contribution in [0, 0.1) is 12.8 Å². The molecular weight excluding hydrogens is 186 g/mol. The van der Waals surface area contributed by atoms with E-state index in [1.165, 1.54) is 12.1 Å². The third kappa shape index (κ3) is 3.67. The van der Waals surface area contributed by atoms with Crippen LogP contribution < -0.4 is 5.32 Å². The number of hydrogen-bond acceptors (Lipinski definition) is 2. The molecule has 0 aliphatic rings. The predicted molar refractivity (Wildman–Crippen MR) is 64.0 cm³/mol. The summed E-state index contributed by atoms with van der Waals surface area (Å²) in [6.07, 6.45) is 2.36. The van der Waals surface area contributed by atoms with E-state index in [0.29, 0.717) is 0 Å². The summed E-state index contributed by atoms with van der Waals surface area (Å²) in [5.41, 5.74) is 2.51. The molecule has 0 radical (unpaired) electrons. The van der Waals surface area contributed by atoms with Crippen LogP contribution in [0.25, 0.3) is 0 Å². The van der Waals surface area contributed by atoms with Gasteiger partial charge in [-0.1, -0.05) is 6.92 Å². The van der Waals surface area contributed by atoms with Crippen LogP contribution in [0.3, 0.4) is 0 Å². The number of rotatable bonds is 6. The SMILES string of the molecule is CCn1nc(C)cc1CC(C)CCNC. The Morgan fingerprint density at radius 3 is 2.87 bits per heavy atom. The van der Waals surface area contributed by atoms with Crippen LogP contribution in [0.1, 0.15) is 31.7 Å². The van der Waals surface area contributed by atoms with Gasteiger partial charge in [0, 0.05) is 12.2 Å². The third-order valence-electron chi connectivity index (χ3n) is 2.73. The van der Waals surface area contributed by atoms with Crippen molar-refractivity contribution in [2.75, 3.05) is 13.6 Å². The molecule has 0 fully saturated rings. The monoisotopic (exact) mass is 209 g/mol. The Bertz CT molecular complexity index is 291. The Kier molecular flexibility index (Phi) is 4.82. The predicted octanol–water partition coefficient (Wildman–Crippen LogP) is 2.00. The standard InChI is InChI=1S/C12H23N3/c1-5-15-12(9-11(3)14-15)8-10(2)6-7-13-4/h9-10,13H,5-8H2,1-4H3. The summed E-state index contributed by atoms with van der Waals surface area (Å²) < 4.78 is 2.12. The Morgan fingerprint density at radius 2 is 2.27 bits per heavy atom. The Morgan fingerprint density at radius 1 is 1.53 bits per heavy atom. The maximum Gasteiger partial charge on any atom is 0.0596 e. The first-order valence-electron chi connectivity index (χ1n) is 5.85. The highest BCUT2D eigenvalue weighted by molar-refractivity contribution is 5.09. The number of hydrogen-bond donors (Lipinski definition) is 1. The zero-order valence-corrected chi connectivity index (χ0v) is 10.4. The van der Waals surface area contributed by atoms with Crippen molar-refractivity contribution in [3.05, 3.63) is 17.5 Å². The van der Waals surface area contributed by atoms with Crippen LogP contribution in [0.5, 0.6) is 0 Å². The average Bonchev–Trinajstić information content (AvgIpc) is 2.55. The number of nitrogens with zero attached hydrogens (tertiary/aromatic N) is 2. The van der Waals surface area contributed by atoms with Crippen molar-refractivity contribution in [2.45, 2.75) is 40.2 Å². The van der Waals surface area contributed by atoms with E-state index in [9.17, 15) is 0 Å². The smallest absolute Gasteiger partial charge is 0.0596 e. The molecule has 86 valence electrons. The minimum Gasteiger partial charge on any atom is -0.320 e. The largest absolute Gasteiger partial charge is 0.320 e. The van der Waals surface area contributed by atoms with E-state index in [1.54, 1.807) is 0 Å². The molecule has 1 aromatic heterocycles. The van der Waals surface area contributed by atoms with E-state index in [-0.39, 0.29) is 0 Å². The van der Waals surface area contributed by atoms with Crippen molar-refractivity contribution in [3.63, 3.8) is 0 Å². The lowest BCUT2D eigenvalue weighted by Gasteiger charge is -2.11. The molecule has 0 aromatic carbocycles. The molecule has 0 saturated carbocycles. The average molecular weight is 209 g/mol. The summed E-state index contributed by atoms with van der Waals surface area (Å²) in [7, 11) is 2.01. The summed E-state index contributed by atoms with van der Waals surface area (Å²) in [6.45, 7) is 8.59. The molecule has 0 bridgehead atoms. The zero-order chi connectivity index (χ0) is 11.3. The number of nitrogens with one attached hydrogen (secondary N) is 1. The Balaban J connectivity index is 2.54. The summed E-state index contributed by atoms with van der Waals surface area (Å²) in [5.74, 6) is 0.721. The van der Waals surface area contributed by atoms with Crippen molar-refractivity contribution in [3.8, 4) is 0 Å². The highest BCUT2D eigenvalue weighted by atomic mass is 15.3. The van der Waals surface area contributed by atoms with E-state index in [0.717, 1.165) is 31.1 Å². The van der Waals surface area contributed by atoms with Crippen molar-refractivity contribution >= 4 is 0 Å². The molecule has 1 N–H and O–H groups in total. The molecular formula is C12H23N3. The minimum atomic E-state index is 0.721. The van der Waals surface area contributed by atoms with Gasteiger partial charge in [0.05, 0.1) is 5.69 Å². The van der Waals surface area contributed by atoms with E-state index in [4.69, 9.17) is 0 Å². The number of aromatic nitrogens is 2. The van der Waals surface area contributed by atoms with E-state index < -0.39 is 0 Å². The van der Waals surface area contributed by atoms with Gasteiger partial charge < -0.3 is 5.32 Å². The molecule has 3 heteroatoms. The highest BCUT2D eigenvalue weighted by Gasteiger charge is 2.08. The summed E-state index contributed by atoms with van der Waals surface area (Å²) in [4.78, 5) is 0. The van der Waals surface area contributed by atoms with Gasteiger partial charge in [0.25, 0.3) is 0 Å². The van der Waals surface area contributed by atoms with Crippen LogP contribution in [0.2, 0.25) is 0 Å². The molecule has 3 nitrogen and oxygen atoms in total. The second-order valence-corrected chi connectivity index (χ2v) is 4.29. The molecule has 15 heavy (non-hydrogen) atoms. The first-order chi connectivity index (χ1) is 7.17. The highest BCUT2D eigenvalue weighted by Crippen LogP contribution is 2.12. The van der Waals surface area contributed by atoms with Crippen LogP contribution in [-0.4, -0.2) is 23.4 Å². The van der Waals surface area contributed by atoms with Crippen LogP contribution in [0.4, 0.5) is 0 Å². The van der Waals surface area contributed by atoms with Gasteiger partial charge in [0.15, 0.2) is 0 Å². The Labute approximate surface area is 92.9 Å². The third-order valence-corrected chi connectivity index (χ3v) is 2.73. The quantitative estimate of drug-likeness (QED) is 0.776. The maximum atomic E-state index is 4.46. The van der Waals surface area contributed by atoms with Crippen molar-refractivity contribution < 1.29 is 0 Å². The molecule has 0 saturated heterocycles. The summed E-state index contributed by atoms with van der Waals surface area (Å²) >= 11 is 0. The fraction of sp³-hybridized carbons (Fsp3) is 0.750. The van der Waals surface area contributed by atoms with Gasteiger partial charge >= 0.3 is 0 Å². The van der Waals surface area contributed by atoms with Crippen LogP contribution in [0.15, 0.2) is 6.07 Å². The zero-order valence-electron chi connectivity index (χ0n) is 10.4. The van der Waals surface area contributed by atoms with Gasteiger partial charge in [-0.25, -0.2) is 0 Å². The molecule has 1 unspecified atom stereocenters. The topological polar surface area (TPSA) is 29.9 Å². The lowest BCUT2D eigenvalue weighted by Crippen LogP contribution is -2.14. The van der Waals surface area contributed by atoms with Crippen molar-refractivity contribution in [2.24, 2.45) is 5.92 Å². The molecule has 1 heterocycles. The number of aryl methyl sites for hydroxylation is 2. The van der Waals surface area contributed by atoms with Gasteiger partial charge in [-0.2, -0.15) is 5.10 Å². The molecule has 0 aliphatic heterocycles. The van der Waals surface area contributed by atoms with Crippen molar-refractivity contribution in [1.82, 2.24) is 15.1 Å². The molecule has 1 aromatic rings. The molecule has 1 atom stereocenters. The summed E-state index contributed by atoms with van der Waals surface area (Å²) in [5, 5.41) is 7.66. The van der Waals surface area contributed by atoms with E-state index in [2.05, 4.69) is 41.9 Å². The Hall–Kier alpha value is -0.830. The lowest BCUT2D eigenvalue weighted by atomic mass is 10.0. The van der Waals surface area contributed by atoms with E-state index in [1.807, 2.05) is 7.05 Å².